The van der Waals surface area contributed by atoms with Gasteiger partial charge in [0.05, 0.1) is 5.56 Å². The Morgan fingerprint density at radius 2 is 1.56 bits per heavy atom. The van der Waals surface area contributed by atoms with Crippen molar-refractivity contribution in [1.29, 1.82) is 0 Å². The number of carbonyl (C=O) groups excluding carboxylic acids is 1. The minimum absolute atomic E-state index is 0.0994. The summed E-state index contributed by atoms with van der Waals surface area (Å²) >= 11 is 0. The number of hydrogen-bond donors (Lipinski definition) is 0. The van der Waals surface area contributed by atoms with Crippen LogP contribution in [0.5, 0.6) is 0 Å². The van der Waals surface area contributed by atoms with Crippen LogP contribution in [-0.4, -0.2) is 5.78 Å². The largest absolute Gasteiger partial charge is 0.294 e. The Bertz CT molecular complexity index is 426. The van der Waals surface area contributed by atoms with E-state index < -0.39 is 40.5 Å². The molecule has 0 unspecified atom stereocenters. The van der Waals surface area contributed by atoms with E-state index >= 15 is 0 Å². The fourth-order valence-corrected chi connectivity index (χ4v) is 1.66. The van der Waals surface area contributed by atoms with Crippen molar-refractivity contribution in [3.63, 3.8) is 0 Å². The minimum atomic E-state index is -1.60. The molecule has 2 rings (SSSR count). The van der Waals surface area contributed by atoms with Gasteiger partial charge in [0.1, 0.15) is 0 Å². The lowest BCUT2D eigenvalue weighted by Gasteiger charge is -2.24. The van der Waals surface area contributed by atoms with Gasteiger partial charge in [-0.15, -0.1) is 0 Å². The van der Waals surface area contributed by atoms with Crippen molar-refractivity contribution in [3.8, 4) is 0 Å². The van der Waals surface area contributed by atoms with Crippen LogP contribution in [0.25, 0.3) is 0 Å². The van der Waals surface area contributed by atoms with Crippen LogP contribution >= 0.6 is 0 Å². The van der Waals surface area contributed by atoms with Gasteiger partial charge in [0.25, 0.3) is 0 Å². The molecule has 0 radical (unpaired) electrons. The first-order chi connectivity index (χ1) is 7.52. The number of ketones is 1. The third-order valence-electron chi connectivity index (χ3n) is 2.83. The molecule has 1 saturated carbocycles. The van der Waals surface area contributed by atoms with Gasteiger partial charge in [-0.05, 0) is 12.8 Å². The Labute approximate surface area is 89.1 Å². The summed E-state index contributed by atoms with van der Waals surface area (Å²) < 4.78 is 52.1. The maximum Gasteiger partial charge on any atom is 0.172 e. The predicted molar refractivity (Wildman–Crippen MR) is 47.9 cm³/mol. The van der Waals surface area contributed by atoms with Gasteiger partial charge in [0, 0.05) is 12.0 Å². The fraction of sp³-hybridized carbons (Fsp3) is 0.364. The van der Waals surface area contributed by atoms with Gasteiger partial charge in [-0.2, -0.15) is 0 Å². The van der Waals surface area contributed by atoms with Crippen molar-refractivity contribution in [2.45, 2.75) is 19.3 Å². The van der Waals surface area contributed by atoms with Crippen LogP contribution in [0, 0.1) is 29.2 Å². The zero-order valence-electron chi connectivity index (χ0n) is 8.20. The third-order valence-corrected chi connectivity index (χ3v) is 2.83. The topological polar surface area (TPSA) is 17.1 Å². The molecule has 1 aliphatic rings. The molecule has 1 aromatic rings. The number of rotatable bonds is 2. The van der Waals surface area contributed by atoms with E-state index in [0.717, 1.165) is 6.42 Å². The summed E-state index contributed by atoms with van der Waals surface area (Å²) in [5.74, 6) is -7.64. The molecular weight excluding hydrogens is 224 g/mol. The molecule has 0 aliphatic heterocycles. The minimum Gasteiger partial charge on any atom is -0.294 e. The van der Waals surface area contributed by atoms with Crippen LogP contribution in [0.3, 0.4) is 0 Å². The summed E-state index contributed by atoms with van der Waals surface area (Å²) in [6.07, 6.45) is 1.81. The Hall–Kier alpha value is -1.39. The van der Waals surface area contributed by atoms with Crippen molar-refractivity contribution in [1.82, 2.24) is 0 Å². The SMILES string of the molecule is O=C(c1c(F)c(F)cc(F)c1F)C1CCC1. The summed E-state index contributed by atoms with van der Waals surface area (Å²) in [6, 6.07) is 0.0994. The van der Waals surface area contributed by atoms with Crippen molar-refractivity contribution in [2.24, 2.45) is 5.92 Å². The van der Waals surface area contributed by atoms with Gasteiger partial charge in [-0.3, -0.25) is 4.79 Å². The van der Waals surface area contributed by atoms with E-state index in [1.165, 1.54) is 0 Å². The second kappa shape index (κ2) is 3.88. The highest BCUT2D eigenvalue weighted by Gasteiger charge is 2.32. The Balaban J connectivity index is 2.49. The average Bonchev–Trinajstić information content (AvgIpc) is 2.12. The van der Waals surface area contributed by atoms with E-state index in [-0.39, 0.29) is 6.07 Å². The van der Waals surface area contributed by atoms with Crippen LogP contribution < -0.4 is 0 Å². The standard InChI is InChI=1S/C11H8F4O/c12-6-4-7(13)10(15)8(9(6)14)11(16)5-2-1-3-5/h4-5H,1-3H2. The van der Waals surface area contributed by atoms with E-state index in [2.05, 4.69) is 0 Å². The molecule has 0 aromatic heterocycles. The molecule has 0 N–H and O–H groups in total. The Morgan fingerprint density at radius 1 is 1.06 bits per heavy atom. The molecule has 86 valence electrons. The number of Topliss-reactive ketones (excluding diaryl/α,β-unsaturated/α-hetero) is 1. The number of carbonyl (C=O) groups is 1. The van der Waals surface area contributed by atoms with Crippen LogP contribution in [0.15, 0.2) is 6.07 Å². The van der Waals surface area contributed by atoms with E-state index in [9.17, 15) is 22.4 Å². The molecule has 0 spiro atoms. The van der Waals surface area contributed by atoms with E-state index in [4.69, 9.17) is 0 Å². The molecule has 0 saturated heterocycles. The Morgan fingerprint density at radius 3 is 1.94 bits per heavy atom. The smallest absolute Gasteiger partial charge is 0.172 e. The van der Waals surface area contributed by atoms with Gasteiger partial charge in [-0.25, -0.2) is 17.6 Å². The van der Waals surface area contributed by atoms with Crippen molar-refractivity contribution in [2.75, 3.05) is 0 Å². The van der Waals surface area contributed by atoms with E-state index in [1.54, 1.807) is 0 Å². The summed E-state index contributed by atoms with van der Waals surface area (Å²) in [7, 11) is 0. The second-order valence-corrected chi connectivity index (χ2v) is 3.84. The van der Waals surface area contributed by atoms with Crippen LogP contribution in [0.2, 0.25) is 0 Å². The number of halogens is 4. The van der Waals surface area contributed by atoms with Crippen LogP contribution in [0.4, 0.5) is 17.6 Å². The maximum atomic E-state index is 13.2. The van der Waals surface area contributed by atoms with Gasteiger partial charge in [0.2, 0.25) is 0 Å². The normalized spacial score (nSPS) is 16.0. The lowest BCUT2D eigenvalue weighted by molar-refractivity contribution is 0.0843. The van der Waals surface area contributed by atoms with Crippen LogP contribution in [0.1, 0.15) is 29.6 Å². The lowest BCUT2D eigenvalue weighted by atomic mass is 9.79. The first-order valence-corrected chi connectivity index (χ1v) is 4.89. The quantitative estimate of drug-likeness (QED) is 0.434. The monoisotopic (exact) mass is 232 g/mol. The highest BCUT2D eigenvalue weighted by molar-refractivity contribution is 5.98. The molecule has 5 heteroatoms. The zero-order valence-corrected chi connectivity index (χ0v) is 8.20. The summed E-state index contributed by atoms with van der Waals surface area (Å²) in [5, 5.41) is 0. The first kappa shape index (κ1) is 11.1. The lowest BCUT2D eigenvalue weighted by Crippen LogP contribution is -2.24. The summed E-state index contributed by atoms with van der Waals surface area (Å²) in [5.41, 5.74) is -1.08. The first-order valence-electron chi connectivity index (χ1n) is 4.89. The number of hydrogen-bond acceptors (Lipinski definition) is 1. The molecule has 1 aliphatic carbocycles. The molecule has 1 fully saturated rings. The Kier molecular flexibility index (Phi) is 2.69. The molecule has 0 heterocycles. The average molecular weight is 232 g/mol. The highest BCUT2D eigenvalue weighted by Crippen LogP contribution is 2.32. The van der Waals surface area contributed by atoms with E-state index in [0.29, 0.717) is 12.8 Å². The van der Waals surface area contributed by atoms with Crippen molar-refractivity contribution in [3.05, 3.63) is 34.9 Å². The zero-order chi connectivity index (χ0) is 11.9. The van der Waals surface area contributed by atoms with Gasteiger partial charge < -0.3 is 0 Å². The molecule has 1 aromatic carbocycles. The van der Waals surface area contributed by atoms with Gasteiger partial charge in [-0.1, -0.05) is 6.42 Å². The van der Waals surface area contributed by atoms with Crippen molar-refractivity contribution >= 4 is 5.78 Å². The van der Waals surface area contributed by atoms with Gasteiger partial charge >= 0.3 is 0 Å². The molecule has 0 amide bonds. The van der Waals surface area contributed by atoms with Crippen LogP contribution in [-0.2, 0) is 0 Å². The third kappa shape index (κ3) is 1.60. The molecule has 16 heavy (non-hydrogen) atoms. The number of benzene rings is 1. The fourth-order valence-electron chi connectivity index (χ4n) is 1.66. The highest BCUT2D eigenvalue weighted by atomic mass is 19.2. The van der Waals surface area contributed by atoms with E-state index in [1.807, 2.05) is 0 Å². The second-order valence-electron chi connectivity index (χ2n) is 3.84. The molecule has 0 bridgehead atoms. The maximum absolute atomic E-state index is 13.2. The van der Waals surface area contributed by atoms with Gasteiger partial charge in [0.15, 0.2) is 29.1 Å². The molecular formula is C11H8F4O. The summed E-state index contributed by atoms with van der Waals surface area (Å²) in [4.78, 5) is 11.6. The predicted octanol–water partition coefficient (Wildman–Crippen LogP) is 3.23. The molecule has 1 nitrogen and oxygen atoms in total. The molecule has 0 atom stereocenters. The van der Waals surface area contributed by atoms with Crippen molar-refractivity contribution < 1.29 is 22.4 Å². The summed E-state index contributed by atoms with van der Waals surface area (Å²) in [6.45, 7) is 0.